The first-order valence-electron chi connectivity index (χ1n) is 3.35. The summed E-state index contributed by atoms with van der Waals surface area (Å²) in [5.41, 5.74) is 0. The van der Waals surface area contributed by atoms with Crippen LogP contribution in [0.1, 0.15) is 12.8 Å². The number of allylic oxidation sites excluding steroid dienone is 1. The lowest BCUT2D eigenvalue weighted by atomic mass is 10.1. The monoisotopic (exact) mass is 214 g/mol. The summed E-state index contributed by atoms with van der Waals surface area (Å²) in [4.78, 5) is 1.10. The molecule has 0 fully saturated rings. The van der Waals surface area contributed by atoms with Crippen molar-refractivity contribution in [3.8, 4) is 12.1 Å². The summed E-state index contributed by atoms with van der Waals surface area (Å²) in [6.07, 6.45) is 1.12. The molecule has 0 saturated heterocycles. The number of hydrogen-bond donors (Lipinski definition) is 0. The fraction of sp³-hybridized carbons (Fsp3) is 0.429. The maximum Gasteiger partial charge on any atom is 0.0796 e. The highest BCUT2D eigenvalue weighted by Crippen LogP contribution is 2.51. The number of nitriles is 2. The molecule has 0 aromatic carbocycles. The van der Waals surface area contributed by atoms with Gasteiger partial charge in [0.15, 0.2) is 0 Å². The Balaban J connectivity index is 2.46. The van der Waals surface area contributed by atoms with Gasteiger partial charge in [0.05, 0.1) is 18.1 Å². The predicted octanol–water partition coefficient (Wildman–Crippen LogP) is 3.31. The first-order chi connectivity index (χ1) is 5.88. The second kappa shape index (κ2) is 5.42. The van der Waals surface area contributed by atoms with E-state index in [9.17, 15) is 0 Å². The Morgan fingerprint density at radius 2 is 2.33 bits per heavy atom. The van der Waals surface area contributed by atoms with Gasteiger partial charge in [-0.2, -0.15) is 10.5 Å². The van der Waals surface area contributed by atoms with Crippen LogP contribution >= 0.6 is 31.4 Å². The third-order valence-corrected chi connectivity index (χ3v) is 5.24. The molecule has 62 valence electrons. The second-order valence-electron chi connectivity index (χ2n) is 2.15. The molecule has 0 aromatic rings. The molecule has 0 radical (unpaired) electrons. The normalized spacial score (nSPS) is 17.7. The first-order valence-corrected chi connectivity index (χ1v) is 6.89. The zero-order valence-corrected chi connectivity index (χ0v) is 8.64. The van der Waals surface area contributed by atoms with Gasteiger partial charge < -0.3 is 0 Å². The average molecular weight is 214 g/mol. The number of hydrogen-bond acceptors (Lipinski definition) is 5. The molecule has 0 bridgehead atoms. The van der Waals surface area contributed by atoms with E-state index in [4.69, 9.17) is 10.5 Å². The summed E-state index contributed by atoms with van der Waals surface area (Å²) in [7, 11) is 4.94. The summed E-state index contributed by atoms with van der Waals surface area (Å²) in [6.45, 7) is 0. The van der Waals surface area contributed by atoms with Crippen LogP contribution in [-0.2, 0) is 0 Å². The molecule has 1 aliphatic rings. The summed E-state index contributed by atoms with van der Waals surface area (Å²) < 4.78 is 0. The van der Waals surface area contributed by atoms with Gasteiger partial charge in [-0.15, -0.1) is 0 Å². The lowest BCUT2D eigenvalue weighted by Crippen LogP contribution is -1.96. The van der Waals surface area contributed by atoms with E-state index in [0.717, 1.165) is 4.91 Å². The maximum atomic E-state index is 8.78. The highest BCUT2D eigenvalue weighted by Gasteiger charge is 2.18. The van der Waals surface area contributed by atoms with Crippen LogP contribution in [0.5, 0.6) is 0 Å². The molecule has 1 heterocycles. The van der Waals surface area contributed by atoms with Gasteiger partial charge in [0, 0.05) is 11.3 Å². The number of nitrogens with zero attached hydrogens (tertiary/aromatic N) is 2. The molecular formula is C7H6N2S3. The van der Waals surface area contributed by atoms with Gasteiger partial charge in [-0.1, -0.05) is 10.8 Å². The van der Waals surface area contributed by atoms with Crippen LogP contribution in [0.15, 0.2) is 10.3 Å². The zero-order chi connectivity index (χ0) is 8.81. The molecule has 12 heavy (non-hydrogen) atoms. The van der Waals surface area contributed by atoms with Gasteiger partial charge in [-0.25, -0.2) is 0 Å². The second-order valence-corrected chi connectivity index (χ2v) is 6.06. The van der Waals surface area contributed by atoms with Crippen LogP contribution in [0.3, 0.4) is 0 Å². The smallest absolute Gasteiger partial charge is 0.0796 e. The Labute approximate surface area is 83.2 Å². The van der Waals surface area contributed by atoms with Crippen molar-refractivity contribution in [1.82, 2.24) is 0 Å². The quantitative estimate of drug-likeness (QED) is 0.674. The Hall–Kier alpha value is -0.230. The Morgan fingerprint density at radius 1 is 1.50 bits per heavy atom. The molecule has 0 saturated carbocycles. The first kappa shape index (κ1) is 9.85. The molecule has 2 nitrogen and oxygen atoms in total. The molecule has 1 aliphatic heterocycles. The predicted molar refractivity (Wildman–Crippen MR) is 54.8 cm³/mol. The van der Waals surface area contributed by atoms with Gasteiger partial charge in [-0.3, -0.25) is 0 Å². The summed E-state index contributed by atoms with van der Waals surface area (Å²) in [5.74, 6) is -0.0721. The van der Waals surface area contributed by atoms with Crippen molar-refractivity contribution in [3.63, 3.8) is 0 Å². The van der Waals surface area contributed by atoms with Crippen LogP contribution in [0.2, 0.25) is 0 Å². The SMILES string of the molecule is N#CCCC(C#N)C1=CSSS1. The summed E-state index contributed by atoms with van der Waals surface area (Å²) >= 11 is 0. The topological polar surface area (TPSA) is 47.6 Å². The van der Waals surface area contributed by atoms with E-state index in [1.165, 1.54) is 0 Å². The molecule has 0 N–H and O–H groups in total. The van der Waals surface area contributed by atoms with Gasteiger partial charge in [0.25, 0.3) is 0 Å². The van der Waals surface area contributed by atoms with Crippen LogP contribution in [0.25, 0.3) is 0 Å². The Morgan fingerprint density at radius 3 is 2.83 bits per heavy atom. The highest BCUT2D eigenvalue weighted by atomic mass is 33.5. The summed E-state index contributed by atoms with van der Waals surface area (Å²) in [6, 6.07) is 4.27. The third kappa shape index (κ3) is 2.67. The van der Waals surface area contributed by atoms with E-state index < -0.39 is 0 Å². The highest BCUT2D eigenvalue weighted by molar-refractivity contribution is 9.11. The van der Waals surface area contributed by atoms with E-state index in [-0.39, 0.29) is 5.92 Å². The zero-order valence-electron chi connectivity index (χ0n) is 6.19. The Bertz CT molecular complexity index is 261. The molecule has 0 spiro atoms. The fourth-order valence-electron chi connectivity index (χ4n) is 0.765. The minimum atomic E-state index is -0.0721. The van der Waals surface area contributed by atoms with E-state index >= 15 is 0 Å². The van der Waals surface area contributed by atoms with Crippen molar-refractivity contribution in [2.75, 3.05) is 0 Å². The van der Waals surface area contributed by atoms with Gasteiger partial charge >= 0.3 is 0 Å². The van der Waals surface area contributed by atoms with Crippen LogP contribution in [-0.4, -0.2) is 0 Å². The standard InChI is InChI=1S/C7H6N2S3/c8-3-1-2-6(4-9)7-5-10-12-11-7/h5-6H,1-2H2. The average Bonchev–Trinajstić information content (AvgIpc) is 2.59. The lowest BCUT2D eigenvalue weighted by Gasteiger charge is -2.04. The van der Waals surface area contributed by atoms with Crippen molar-refractivity contribution < 1.29 is 0 Å². The lowest BCUT2D eigenvalue weighted by molar-refractivity contribution is 0.732. The minimum Gasteiger partial charge on any atom is -0.198 e. The minimum absolute atomic E-state index is 0.0721. The molecule has 0 amide bonds. The third-order valence-electron chi connectivity index (χ3n) is 1.38. The van der Waals surface area contributed by atoms with Gasteiger partial charge in [0.2, 0.25) is 0 Å². The summed E-state index contributed by atoms with van der Waals surface area (Å²) in [5, 5.41) is 19.1. The van der Waals surface area contributed by atoms with E-state index in [1.54, 1.807) is 31.4 Å². The van der Waals surface area contributed by atoms with Crippen molar-refractivity contribution in [1.29, 1.82) is 10.5 Å². The molecule has 1 atom stereocenters. The van der Waals surface area contributed by atoms with Crippen LogP contribution in [0.4, 0.5) is 0 Å². The molecule has 1 rings (SSSR count). The molecule has 0 aliphatic carbocycles. The molecule has 0 aromatic heterocycles. The van der Waals surface area contributed by atoms with Crippen molar-refractivity contribution in [2.24, 2.45) is 5.92 Å². The number of rotatable bonds is 3. The molecule has 5 heteroatoms. The maximum absolute atomic E-state index is 8.78. The van der Waals surface area contributed by atoms with Gasteiger partial charge in [0.1, 0.15) is 0 Å². The largest absolute Gasteiger partial charge is 0.198 e. The van der Waals surface area contributed by atoms with E-state index in [2.05, 4.69) is 12.1 Å². The van der Waals surface area contributed by atoms with Crippen LogP contribution < -0.4 is 0 Å². The fourth-order valence-corrected chi connectivity index (χ4v) is 4.85. The van der Waals surface area contributed by atoms with Gasteiger partial charge in [-0.05, 0) is 32.4 Å². The van der Waals surface area contributed by atoms with E-state index in [1.807, 2.05) is 5.41 Å². The molecular weight excluding hydrogens is 208 g/mol. The van der Waals surface area contributed by atoms with Crippen molar-refractivity contribution in [2.45, 2.75) is 12.8 Å². The van der Waals surface area contributed by atoms with E-state index in [0.29, 0.717) is 12.8 Å². The van der Waals surface area contributed by atoms with Crippen molar-refractivity contribution in [3.05, 3.63) is 10.3 Å². The van der Waals surface area contributed by atoms with Crippen molar-refractivity contribution >= 4 is 31.4 Å². The Kier molecular flexibility index (Phi) is 4.45. The molecule has 1 unspecified atom stereocenters. The van der Waals surface area contributed by atoms with Crippen LogP contribution in [0, 0.1) is 28.6 Å².